The van der Waals surface area contributed by atoms with E-state index in [0.29, 0.717) is 12.0 Å². The Bertz CT molecular complexity index is 775. The average molecular weight is 297 g/mol. The Kier molecular flexibility index (Phi) is 4.88. The topological polar surface area (TPSA) is 64.0 Å². The van der Waals surface area contributed by atoms with E-state index in [1.807, 2.05) is 38.1 Å². The highest BCUT2D eigenvalue weighted by Crippen LogP contribution is 2.10. The maximum atomic E-state index is 12.5. The van der Waals surface area contributed by atoms with E-state index < -0.39 is 0 Å². The summed E-state index contributed by atoms with van der Waals surface area (Å²) in [5.41, 5.74) is 1.98. The number of nitrogens with one attached hydrogen (secondary N) is 1. The predicted octanol–water partition coefficient (Wildman–Crippen LogP) is 2.24. The van der Waals surface area contributed by atoms with Crippen LogP contribution in [0.1, 0.15) is 29.4 Å². The van der Waals surface area contributed by atoms with Gasteiger partial charge in [-0.25, -0.2) is 4.68 Å². The maximum Gasteiger partial charge on any atom is 0.214 e. The highest BCUT2D eigenvalue weighted by Gasteiger charge is 2.17. The molecule has 0 saturated carbocycles. The molecule has 22 heavy (non-hydrogen) atoms. The lowest BCUT2D eigenvalue weighted by Gasteiger charge is -2.08. The fourth-order valence-corrected chi connectivity index (χ4v) is 2.13. The van der Waals surface area contributed by atoms with Crippen LogP contribution in [0.2, 0.25) is 0 Å². The smallest absolute Gasteiger partial charge is 0.214 e. The standard InChI is InChI=1S/C17H19N3O2/c1-4-13(11-18-3)17(22)16-15(21)8-9-20(19-16)14-7-5-6-12(2)10-14/h5-11,18H,4H2,1-3H3/b13-11+. The number of carbonyl (C=O) groups excluding carboxylic acids is 1. The second-order valence-corrected chi connectivity index (χ2v) is 4.95. The molecule has 2 rings (SSSR count). The van der Waals surface area contributed by atoms with Gasteiger partial charge >= 0.3 is 0 Å². The number of allylic oxidation sites excluding steroid dienone is 1. The van der Waals surface area contributed by atoms with Crippen molar-refractivity contribution in [1.29, 1.82) is 0 Å². The first-order valence-corrected chi connectivity index (χ1v) is 7.15. The van der Waals surface area contributed by atoms with Crippen LogP contribution in [-0.2, 0) is 0 Å². The van der Waals surface area contributed by atoms with Crippen molar-refractivity contribution in [3.63, 3.8) is 0 Å². The van der Waals surface area contributed by atoms with E-state index >= 15 is 0 Å². The average Bonchev–Trinajstić information content (AvgIpc) is 2.52. The van der Waals surface area contributed by atoms with E-state index in [2.05, 4.69) is 10.4 Å². The van der Waals surface area contributed by atoms with Gasteiger partial charge in [0, 0.05) is 31.1 Å². The molecule has 5 nitrogen and oxygen atoms in total. The summed E-state index contributed by atoms with van der Waals surface area (Å²) in [4.78, 5) is 24.4. The van der Waals surface area contributed by atoms with Crippen LogP contribution in [0.15, 0.2) is 53.1 Å². The third-order valence-electron chi connectivity index (χ3n) is 3.28. The lowest BCUT2D eigenvalue weighted by Crippen LogP contribution is -2.22. The van der Waals surface area contributed by atoms with Crippen LogP contribution in [0, 0.1) is 6.92 Å². The van der Waals surface area contributed by atoms with E-state index in [-0.39, 0.29) is 16.9 Å². The van der Waals surface area contributed by atoms with Gasteiger partial charge in [0.05, 0.1) is 5.69 Å². The lowest BCUT2D eigenvalue weighted by molar-refractivity contribution is 0.102. The highest BCUT2D eigenvalue weighted by atomic mass is 16.1. The van der Waals surface area contributed by atoms with E-state index in [9.17, 15) is 9.59 Å². The van der Waals surface area contributed by atoms with Gasteiger partial charge in [-0.3, -0.25) is 9.59 Å². The van der Waals surface area contributed by atoms with Gasteiger partial charge in [0.1, 0.15) is 0 Å². The van der Waals surface area contributed by atoms with Crippen molar-refractivity contribution in [2.24, 2.45) is 0 Å². The summed E-state index contributed by atoms with van der Waals surface area (Å²) in [6.07, 6.45) is 3.70. The van der Waals surface area contributed by atoms with Crippen molar-refractivity contribution in [2.45, 2.75) is 20.3 Å². The molecule has 1 aromatic heterocycles. The highest BCUT2D eigenvalue weighted by molar-refractivity contribution is 6.07. The Morgan fingerprint density at radius 1 is 1.36 bits per heavy atom. The number of hydrogen-bond donors (Lipinski definition) is 1. The number of rotatable bonds is 5. The molecule has 0 fully saturated rings. The van der Waals surface area contributed by atoms with E-state index in [1.165, 1.54) is 6.07 Å². The molecule has 0 aliphatic carbocycles. The van der Waals surface area contributed by atoms with Gasteiger partial charge in [-0.05, 0) is 31.0 Å². The second-order valence-electron chi connectivity index (χ2n) is 4.95. The third kappa shape index (κ3) is 3.31. The molecule has 0 aliphatic heterocycles. The normalized spacial score (nSPS) is 11.3. The molecule has 1 aromatic carbocycles. The minimum atomic E-state index is -0.371. The number of aryl methyl sites for hydroxylation is 1. The molecule has 0 unspecified atom stereocenters. The maximum absolute atomic E-state index is 12.5. The van der Waals surface area contributed by atoms with Crippen molar-refractivity contribution < 1.29 is 4.79 Å². The van der Waals surface area contributed by atoms with Gasteiger partial charge in [0.2, 0.25) is 11.2 Å². The lowest BCUT2D eigenvalue weighted by atomic mass is 10.1. The SMILES string of the molecule is CC/C(=C\NC)C(=O)c1nn(-c2cccc(C)c2)ccc1=O. The molecule has 0 aliphatic rings. The zero-order valence-electron chi connectivity index (χ0n) is 13.0. The van der Waals surface area contributed by atoms with Crippen LogP contribution in [0.25, 0.3) is 5.69 Å². The Balaban J connectivity index is 2.50. The zero-order valence-corrected chi connectivity index (χ0v) is 13.0. The number of carbonyl (C=O) groups is 1. The van der Waals surface area contributed by atoms with Crippen LogP contribution < -0.4 is 10.7 Å². The van der Waals surface area contributed by atoms with E-state index in [4.69, 9.17) is 0 Å². The van der Waals surface area contributed by atoms with Crippen molar-refractivity contribution in [2.75, 3.05) is 7.05 Å². The van der Waals surface area contributed by atoms with Crippen molar-refractivity contribution in [3.05, 3.63) is 69.8 Å². The molecule has 114 valence electrons. The molecule has 0 bridgehead atoms. The van der Waals surface area contributed by atoms with Gasteiger partial charge in [-0.1, -0.05) is 19.1 Å². The summed E-state index contributed by atoms with van der Waals surface area (Å²) in [6.45, 7) is 3.84. The molecule has 2 aromatic rings. The first-order chi connectivity index (χ1) is 10.6. The fourth-order valence-electron chi connectivity index (χ4n) is 2.13. The van der Waals surface area contributed by atoms with Gasteiger partial charge in [0.25, 0.3) is 0 Å². The van der Waals surface area contributed by atoms with Gasteiger partial charge in [-0.2, -0.15) is 5.10 Å². The molecule has 0 spiro atoms. The number of hydrogen-bond acceptors (Lipinski definition) is 4. The molecule has 0 saturated heterocycles. The molecule has 0 atom stereocenters. The quantitative estimate of drug-likeness (QED) is 0.679. The summed E-state index contributed by atoms with van der Waals surface area (Å²) in [6, 6.07) is 9.07. The minimum Gasteiger partial charge on any atom is -0.394 e. The van der Waals surface area contributed by atoms with Crippen LogP contribution in [0.5, 0.6) is 0 Å². The number of benzene rings is 1. The summed E-state index contributed by atoms with van der Waals surface area (Å²) >= 11 is 0. The number of nitrogens with zero attached hydrogens (tertiary/aromatic N) is 2. The number of ketones is 1. The van der Waals surface area contributed by atoms with Gasteiger partial charge in [-0.15, -0.1) is 0 Å². The zero-order chi connectivity index (χ0) is 16.1. The van der Waals surface area contributed by atoms with Crippen LogP contribution in [0.4, 0.5) is 0 Å². The largest absolute Gasteiger partial charge is 0.394 e. The van der Waals surface area contributed by atoms with E-state index in [1.54, 1.807) is 24.1 Å². The molecule has 0 amide bonds. The van der Waals surface area contributed by atoms with Crippen LogP contribution in [0.3, 0.4) is 0 Å². The summed E-state index contributed by atoms with van der Waals surface area (Å²) in [5.74, 6) is -0.344. The van der Waals surface area contributed by atoms with Gasteiger partial charge < -0.3 is 5.32 Å². The number of Topliss-reactive ketones (excluding diaryl/α,β-unsaturated/α-hetero) is 1. The molecule has 1 heterocycles. The predicted molar refractivity (Wildman–Crippen MR) is 86.3 cm³/mol. The van der Waals surface area contributed by atoms with Crippen LogP contribution in [-0.4, -0.2) is 22.6 Å². The van der Waals surface area contributed by atoms with Gasteiger partial charge in [0.15, 0.2) is 5.69 Å². The minimum absolute atomic E-state index is 0.0626. The Morgan fingerprint density at radius 3 is 2.77 bits per heavy atom. The Hall–Kier alpha value is -2.69. The third-order valence-corrected chi connectivity index (χ3v) is 3.28. The fraction of sp³-hybridized carbons (Fsp3) is 0.235. The Morgan fingerprint density at radius 2 is 2.14 bits per heavy atom. The molecule has 5 heteroatoms. The Labute approximate surface area is 129 Å². The summed E-state index contributed by atoms with van der Waals surface area (Å²) in [7, 11) is 1.71. The summed E-state index contributed by atoms with van der Waals surface area (Å²) < 4.78 is 1.55. The van der Waals surface area contributed by atoms with Crippen molar-refractivity contribution >= 4 is 5.78 Å². The molecule has 1 N–H and O–H groups in total. The monoisotopic (exact) mass is 297 g/mol. The second kappa shape index (κ2) is 6.85. The molecule has 0 radical (unpaired) electrons. The number of aromatic nitrogens is 2. The van der Waals surface area contributed by atoms with Crippen LogP contribution >= 0.6 is 0 Å². The molecular weight excluding hydrogens is 278 g/mol. The summed E-state index contributed by atoms with van der Waals surface area (Å²) in [5, 5.41) is 7.04. The van der Waals surface area contributed by atoms with Crippen molar-refractivity contribution in [3.8, 4) is 5.69 Å². The first-order valence-electron chi connectivity index (χ1n) is 7.15. The van der Waals surface area contributed by atoms with Crippen molar-refractivity contribution in [1.82, 2.24) is 15.1 Å². The first kappa shape index (κ1) is 15.7. The van der Waals surface area contributed by atoms with E-state index in [0.717, 1.165) is 11.3 Å². The molecular formula is C17H19N3O2.